The third kappa shape index (κ3) is 4.11. The minimum Gasteiger partial charge on any atom is -0.309 e. The van der Waals surface area contributed by atoms with Crippen molar-refractivity contribution in [1.29, 1.82) is 0 Å². The van der Waals surface area contributed by atoms with Crippen molar-refractivity contribution in [2.24, 2.45) is 0 Å². The second kappa shape index (κ2) is 7.47. The van der Waals surface area contributed by atoms with Crippen LogP contribution >= 0.6 is 27.3 Å². The summed E-state index contributed by atoms with van der Waals surface area (Å²) in [4.78, 5) is 1.14. The minimum atomic E-state index is -0.787. The summed E-state index contributed by atoms with van der Waals surface area (Å²) in [7, 11) is 0. The third-order valence-corrected chi connectivity index (χ3v) is 5.57. The molecule has 0 saturated carbocycles. The number of rotatable bonds is 6. The van der Waals surface area contributed by atoms with Gasteiger partial charge in [-0.3, -0.25) is 0 Å². The molecule has 0 saturated heterocycles. The first-order valence-corrected chi connectivity index (χ1v) is 8.56. The second-order valence-corrected chi connectivity index (χ2v) is 7.43. The van der Waals surface area contributed by atoms with Gasteiger partial charge in [0.05, 0.1) is 3.79 Å². The van der Waals surface area contributed by atoms with E-state index in [-0.39, 0.29) is 6.04 Å². The predicted molar refractivity (Wildman–Crippen MR) is 87.9 cm³/mol. The molecule has 1 atom stereocenters. The lowest BCUT2D eigenvalue weighted by molar-refractivity contribution is 0.479. The lowest BCUT2D eigenvalue weighted by Gasteiger charge is -2.17. The second-order valence-electron chi connectivity index (χ2n) is 5.03. The van der Waals surface area contributed by atoms with Crippen LogP contribution in [-0.2, 0) is 6.42 Å². The Labute approximate surface area is 136 Å². The highest BCUT2D eigenvalue weighted by Crippen LogP contribution is 2.33. The first-order valence-electron chi connectivity index (χ1n) is 6.95. The summed E-state index contributed by atoms with van der Waals surface area (Å²) in [5, 5.41) is 3.42. The van der Waals surface area contributed by atoms with E-state index in [0.717, 1.165) is 33.3 Å². The maximum absolute atomic E-state index is 13.9. The lowest BCUT2D eigenvalue weighted by Crippen LogP contribution is -2.23. The van der Waals surface area contributed by atoms with Crippen LogP contribution in [0.5, 0.6) is 0 Å². The molecule has 0 radical (unpaired) electrons. The van der Waals surface area contributed by atoms with Gasteiger partial charge in [-0.15, -0.1) is 11.3 Å². The van der Waals surface area contributed by atoms with Crippen LogP contribution in [0.1, 0.15) is 35.4 Å². The van der Waals surface area contributed by atoms with Gasteiger partial charge in [0.25, 0.3) is 0 Å². The van der Waals surface area contributed by atoms with Gasteiger partial charge in [0.15, 0.2) is 11.6 Å². The summed E-state index contributed by atoms with van der Waals surface area (Å²) in [5.41, 5.74) is 1.57. The largest absolute Gasteiger partial charge is 0.309 e. The molecule has 0 spiro atoms. The van der Waals surface area contributed by atoms with Crippen LogP contribution < -0.4 is 5.32 Å². The average Bonchev–Trinajstić information content (AvgIpc) is 2.79. The Morgan fingerprint density at radius 2 is 2.10 bits per heavy atom. The van der Waals surface area contributed by atoms with Crippen LogP contribution in [0, 0.1) is 18.6 Å². The monoisotopic (exact) mass is 373 g/mol. The van der Waals surface area contributed by atoms with Crippen LogP contribution in [0.4, 0.5) is 8.78 Å². The quantitative estimate of drug-likeness (QED) is 0.716. The molecule has 1 aromatic carbocycles. The van der Waals surface area contributed by atoms with Crippen LogP contribution in [0.2, 0.25) is 0 Å². The molecule has 1 heterocycles. The van der Waals surface area contributed by atoms with Gasteiger partial charge < -0.3 is 5.32 Å². The molecule has 1 nitrogen and oxygen atoms in total. The van der Waals surface area contributed by atoms with Gasteiger partial charge >= 0.3 is 0 Å². The first kappa shape index (κ1) is 16.6. The summed E-state index contributed by atoms with van der Waals surface area (Å²) in [6, 6.07) is 6.45. The topological polar surface area (TPSA) is 12.0 Å². The number of benzene rings is 1. The van der Waals surface area contributed by atoms with Crippen molar-refractivity contribution in [3.8, 4) is 0 Å². The van der Waals surface area contributed by atoms with Crippen molar-refractivity contribution in [3.05, 3.63) is 55.7 Å². The number of hydrogen-bond donors (Lipinski definition) is 1. The van der Waals surface area contributed by atoms with Crippen LogP contribution in [0.25, 0.3) is 0 Å². The number of nitrogens with one attached hydrogen (secondary N) is 1. The normalized spacial score (nSPS) is 12.6. The number of thiophene rings is 1. The highest BCUT2D eigenvalue weighted by atomic mass is 79.9. The molecule has 1 unspecified atom stereocenters. The van der Waals surface area contributed by atoms with Crippen LogP contribution in [-0.4, -0.2) is 6.54 Å². The van der Waals surface area contributed by atoms with E-state index in [0.29, 0.717) is 12.0 Å². The lowest BCUT2D eigenvalue weighted by atomic mass is 10.0. The van der Waals surface area contributed by atoms with E-state index in [2.05, 4.69) is 34.2 Å². The Bertz CT molecular complexity index is 593. The van der Waals surface area contributed by atoms with Gasteiger partial charge in [-0.05, 0) is 65.5 Å². The smallest absolute Gasteiger partial charge is 0.162 e. The first-order chi connectivity index (χ1) is 10.0. The molecule has 2 rings (SSSR count). The fraction of sp³-hybridized carbons (Fsp3) is 0.375. The van der Waals surface area contributed by atoms with E-state index in [1.165, 1.54) is 0 Å². The molecular formula is C16H18BrF2NS. The maximum Gasteiger partial charge on any atom is 0.162 e. The molecular weight excluding hydrogens is 356 g/mol. The molecule has 0 aliphatic carbocycles. The van der Waals surface area contributed by atoms with E-state index in [1.807, 2.05) is 6.92 Å². The molecule has 114 valence electrons. The predicted octanol–water partition coefficient (Wildman–Crippen LogP) is 5.38. The third-order valence-electron chi connectivity index (χ3n) is 3.32. The number of halogens is 3. The van der Waals surface area contributed by atoms with Gasteiger partial charge in [0.1, 0.15) is 0 Å². The molecule has 0 fully saturated rings. The molecule has 1 N–H and O–H groups in total. The SMILES string of the molecule is CCCNC(Cc1cccc(F)c1F)c1cc(C)c(Br)s1. The summed E-state index contributed by atoms with van der Waals surface area (Å²) in [6.07, 6.45) is 1.43. The van der Waals surface area contributed by atoms with E-state index in [1.54, 1.807) is 23.5 Å². The van der Waals surface area contributed by atoms with E-state index in [4.69, 9.17) is 0 Å². The Hall–Kier alpha value is -0.780. The zero-order valence-electron chi connectivity index (χ0n) is 12.1. The van der Waals surface area contributed by atoms with Gasteiger partial charge in [0, 0.05) is 10.9 Å². The van der Waals surface area contributed by atoms with E-state index < -0.39 is 11.6 Å². The Balaban J connectivity index is 2.26. The van der Waals surface area contributed by atoms with Gasteiger partial charge in [-0.2, -0.15) is 0 Å². The highest BCUT2D eigenvalue weighted by Gasteiger charge is 2.18. The van der Waals surface area contributed by atoms with Crippen molar-refractivity contribution in [1.82, 2.24) is 5.32 Å². The Morgan fingerprint density at radius 3 is 2.71 bits per heavy atom. The van der Waals surface area contributed by atoms with Crippen LogP contribution in [0.15, 0.2) is 28.1 Å². The van der Waals surface area contributed by atoms with Gasteiger partial charge in [-0.25, -0.2) is 8.78 Å². The van der Waals surface area contributed by atoms with Crippen molar-refractivity contribution < 1.29 is 8.78 Å². The number of aryl methyl sites for hydroxylation is 1. The van der Waals surface area contributed by atoms with E-state index >= 15 is 0 Å². The Morgan fingerprint density at radius 1 is 1.33 bits per heavy atom. The molecule has 21 heavy (non-hydrogen) atoms. The zero-order chi connectivity index (χ0) is 15.4. The van der Waals surface area contributed by atoms with Gasteiger partial charge in [-0.1, -0.05) is 19.1 Å². The molecule has 0 aliphatic rings. The Kier molecular flexibility index (Phi) is 5.90. The van der Waals surface area contributed by atoms with Crippen molar-refractivity contribution in [3.63, 3.8) is 0 Å². The minimum absolute atomic E-state index is 0.00347. The fourth-order valence-electron chi connectivity index (χ4n) is 2.17. The van der Waals surface area contributed by atoms with E-state index in [9.17, 15) is 8.78 Å². The molecule has 2 aromatic rings. The van der Waals surface area contributed by atoms with Crippen molar-refractivity contribution >= 4 is 27.3 Å². The fourth-order valence-corrected chi connectivity index (χ4v) is 3.82. The van der Waals surface area contributed by atoms with Crippen molar-refractivity contribution in [2.75, 3.05) is 6.54 Å². The highest BCUT2D eigenvalue weighted by molar-refractivity contribution is 9.11. The molecule has 0 bridgehead atoms. The molecule has 0 aliphatic heterocycles. The zero-order valence-corrected chi connectivity index (χ0v) is 14.5. The number of hydrogen-bond acceptors (Lipinski definition) is 2. The summed E-state index contributed by atoms with van der Waals surface area (Å²) in [5.74, 6) is -1.53. The average molecular weight is 374 g/mol. The van der Waals surface area contributed by atoms with Crippen molar-refractivity contribution in [2.45, 2.75) is 32.7 Å². The molecule has 0 amide bonds. The van der Waals surface area contributed by atoms with Gasteiger partial charge in [0.2, 0.25) is 0 Å². The standard InChI is InChI=1S/C16H18BrF2NS/c1-3-7-20-13(14-8-10(2)16(17)21-14)9-11-5-4-6-12(18)15(11)19/h4-6,8,13,20H,3,7,9H2,1-2H3. The summed E-state index contributed by atoms with van der Waals surface area (Å²) in [6.45, 7) is 4.96. The van der Waals surface area contributed by atoms with Crippen LogP contribution in [0.3, 0.4) is 0 Å². The summed E-state index contributed by atoms with van der Waals surface area (Å²) < 4.78 is 28.3. The molecule has 1 aromatic heterocycles. The summed E-state index contributed by atoms with van der Waals surface area (Å²) >= 11 is 5.16. The molecule has 5 heteroatoms. The maximum atomic E-state index is 13.9.